The maximum atomic E-state index is 13.8. The lowest BCUT2D eigenvalue weighted by molar-refractivity contribution is -0.192. The Morgan fingerprint density at radius 1 is 0.974 bits per heavy atom. The largest absolute Gasteiger partial charge is 0.490 e. The fourth-order valence-electron chi connectivity index (χ4n) is 3.73. The van der Waals surface area contributed by atoms with Gasteiger partial charge in [0.15, 0.2) is 0 Å². The van der Waals surface area contributed by atoms with Crippen LogP contribution in [0.5, 0.6) is 0 Å². The third-order valence-electron chi connectivity index (χ3n) is 5.47. The molecule has 5 rings (SSSR count). The summed E-state index contributed by atoms with van der Waals surface area (Å²) in [6.45, 7) is 0. The topological polar surface area (TPSA) is 148 Å². The van der Waals surface area contributed by atoms with Crippen molar-refractivity contribution in [1.82, 2.24) is 15.3 Å². The Morgan fingerprint density at radius 3 is 2.24 bits per heavy atom. The lowest BCUT2D eigenvalue weighted by Crippen LogP contribution is -2.24. The van der Waals surface area contributed by atoms with Crippen LogP contribution >= 0.6 is 0 Å². The molecular weight excluding hydrogens is 526 g/mol. The van der Waals surface area contributed by atoms with Crippen molar-refractivity contribution in [2.45, 2.75) is 30.9 Å². The number of fused-ring (bicyclic) bond motifs is 1. The third kappa shape index (κ3) is 5.38. The minimum atomic E-state index is -5.08. The number of hydrogen-bond donors (Lipinski definition) is 3. The fourth-order valence-corrected chi connectivity index (χ4v) is 3.73. The Hall–Kier alpha value is -4.24. The molecule has 200 valence electrons. The maximum absolute atomic E-state index is 13.8. The summed E-state index contributed by atoms with van der Waals surface area (Å²) >= 11 is 0. The van der Waals surface area contributed by atoms with Gasteiger partial charge in [-0.1, -0.05) is 52.8 Å². The van der Waals surface area contributed by atoms with Crippen molar-refractivity contribution in [3.63, 3.8) is 0 Å². The molecule has 0 amide bonds. The van der Waals surface area contributed by atoms with Crippen LogP contribution in [0.4, 0.5) is 26.3 Å². The fraction of sp³-hybridized carbons (Fsp3) is 0.217. The second kappa shape index (κ2) is 9.90. The summed E-state index contributed by atoms with van der Waals surface area (Å²) in [5.41, 5.74) is 6.74. The molecular formula is C23H16F6N4O5. The molecule has 0 radical (unpaired) electrons. The molecule has 4 aromatic rings. The highest BCUT2D eigenvalue weighted by molar-refractivity contribution is 5.73. The summed E-state index contributed by atoms with van der Waals surface area (Å²) in [6, 6.07) is 12.6. The van der Waals surface area contributed by atoms with Crippen LogP contribution in [0.15, 0.2) is 57.6 Å². The predicted molar refractivity (Wildman–Crippen MR) is 116 cm³/mol. The zero-order chi connectivity index (χ0) is 27.8. The number of aliphatic hydroxyl groups excluding tert-OH is 1. The number of carboxylic acids is 1. The van der Waals surface area contributed by atoms with Gasteiger partial charge in [0.1, 0.15) is 11.3 Å². The van der Waals surface area contributed by atoms with Gasteiger partial charge in [-0.25, -0.2) is 4.79 Å². The van der Waals surface area contributed by atoms with E-state index in [1.54, 1.807) is 36.4 Å². The van der Waals surface area contributed by atoms with E-state index in [1.807, 2.05) is 0 Å². The number of carboxylic acid groups (broad SMARTS) is 1. The minimum Gasteiger partial charge on any atom is -0.475 e. The van der Waals surface area contributed by atoms with Crippen LogP contribution in [-0.2, 0) is 17.4 Å². The monoisotopic (exact) mass is 542 g/mol. The van der Waals surface area contributed by atoms with E-state index in [2.05, 4.69) is 15.3 Å². The molecule has 38 heavy (non-hydrogen) atoms. The summed E-state index contributed by atoms with van der Waals surface area (Å²) in [4.78, 5) is 13.0. The number of rotatable bonds is 3. The highest BCUT2D eigenvalue weighted by atomic mass is 19.4. The van der Waals surface area contributed by atoms with Gasteiger partial charge in [-0.2, -0.15) is 31.3 Å². The molecule has 2 atom stereocenters. The summed E-state index contributed by atoms with van der Waals surface area (Å²) in [6.07, 6.45) is -10.1. The van der Waals surface area contributed by atoms with Crippen molar-refractivity contribution in [2.75, 3.05) is 0 Å². The highest BCUT2D eigenvalue weighted by Crippen LogP contribution is 2.43. The van der Waals surface area contributed by atoms with Gasteiger partial charge in [0.2, 0.25) is 11.6 Å². The number of nitrogens with zero attached hydrogens (tertiary/aromatic N) is 3. The number of benzene rings is 2. The summed E-state index contributed by atoms with van der Waals surface area (Å²) < 4.78 is 83.3. The Kier molecular flexibility index (Phi) is 6.99. The van der Waals surface area contributed by atoms with Crippen molar-refractivity contribution in [3.05, 3.63) is 65.2 Å². The van der Waals surface area contributed by atoms with Crippen molar-refractivity contribution < 1.29 is 50.4 Å². The average Bonchev–Trinajstić information content (AvgIpc) is 3.57. The van der Waals surface area contributed by atoms with Crippen molar-refractivity contribution in [3.8, 4) is 34.3 Å². The molecule has 2 heterocycles. The minimum absolute atomic E-state index is 0.0820. The quantitative estimate of drug-likeness (QED) is 0.315. The number of aromatic nitrogens is 3. The van der Waals surface area contributed by atoms with E-state index in [1.165, 1.54) is 12.1 Å². The first kappa shape index (κ1) is 26.8. The number of hydrogen-bond acceptors (Lipinski definition) is 8. The van der Waals surface area contributed by atoms with Gasteiger partial charge in [0, 0.05) is 17.2 Å². The smallest absolute Gasteiger partial charge is 0.475 e. The lowest BCUT2D eigenvalue weighted by atomic mass is 10.0. The van der Waals surface area contributed by atoms with E-state index in [0.717, 1.165) is 5.56 Å². The molecule has 0 saturated carbocycles. The second-order valence-corrected chi connectivity index (χ2v) is 8.05. The standard InChI is InChI=1S/C21H15F3N4O3.C2HF3O2/c22-21(23,24)15-16(10-4-2-1-3-5-10)27-30-18(15)20-26-19(28-31-20)11-6-7-13-12(8-11)9-14(25)17(13)29;3-2(4,5)1(6)7/h1-8,14,17,29H,9,25H2;(H,6,7). The Labute approximate surface area is 208 Å². The summed E-state index contributed by atoms with van der Waals surface area (Å²) in [5.74, 6) is -3.76. The molecule has 2 aromatic heterocycles. The van der Waals surface area contributed by atoms with Crippen LogP contribution in [0.2, 0.25) is 0 Å². The van der Waals surface area contributed by atoms with E-state index >= 15 is 0 Å². The molecule has 4 N–H and O–H groups in total. The number of halogens is 6. The van der Waals surface area contributed by atoms with Gasteiger partial charge < -0.3 is 25.0 Å². The molecule has 1 aliphatic carbocycles. The highest BCUT2D eigenvalue weighted by Gasteiger charge is 2.43. The molecule has 2 aromatic carbocycles. The van der Waals surface area contributed by atoms with Crippen molar-refractivity contribution in [2.24, 2.45) is 5.73 Å². The van der Waals surface area contributed by atoms with Gasteiger partial charge in [-0.3, -0.25) is 0 Å². The number of alkyl halides is 6. The van der Waals surface area contributed by atoms with Crippen molar-refractivity contribution in [1.29, 1.82) is 0 Å². The van der Waals surface area contributed by atoms with Gasteiger partial charge in [0.05, 0.1) is 6.10 Å². The molecule has 0 spiro atoms. The molecule has 0 saturated heterocycles. The van der Waals surface area contributed by atoms with Crippen LogP contribution in [0.3, 0.4) is 0 Å². The average molecular weight is 542 g/mol. The first-order chi connectivity index (χ1) is 17.8. The summed E-state index contributed by atoms with van der Waals surface area (Å²) in [5, 5.41) is 24.6. The third-order valence-corrected chi connectivity index (χ3v) is 5.47. The summed E-state index contributed by atoms with van der Waals surface area (Å²) in [7, 11) is 0. The van der Waals surface area contributed by atoms with E-state index in [-0.39, 0.29) is 17.1 Å². The molecule has 1 aliphatic rings. The Morgan fingerprint density at radius 2 is 1.63 bits per heavy atom. The molecule has 0 bridgehead atoms. The van der Waals surface area contributed by atoms with E-state index < -0.39 is 47.7 Å². The van der Waals surface area contributed by atoms with Crippen molar-refractivity contribution >= 4 is 5.97 Å². The van der Waals surface area contributed by atoms with Crippen LogP contribution in [0.1, 0.15) is 22.8 Å². The second-order valence-electron chi connectivity index (χ2n) is 8.05. The van der Waals surface area contributed by atoms with Crippen LogP contribution in [0, 0.1) is 0 Å². The number of aliphatic hydroxyl groups is 1. The van der Waals surface area contributed by atoms with E-state index in [4.69, 9.17) is 24.7 Å². The lowest BCUT2D eigenvalue weighted by Gasteiger charge is -2.08. The van der Waals surface area contributed by atoms with Gasteiger partial charge >= 0.3 is 18.3 Å². The van der Waals surface area contributed by atoms with E-state index in [9.17, 15) is 31.4 Å². The van der Waals surface area contributed by atoms with Gasteiger partial charge in [-0.05, 0) is 23.6 Å². The normalized spacial score (nSPS) is 17.1. The molecule has 15 heteroatoms. The number of aliphatic carboxylic acids is 1. The molecule has 9 nitrogen and oxygen atoms in total. The van der Waals surface area contributed by atoms with Crippen LogP contribution in [-0.4, -0.2) is 43.7 Å². The predicted octanol–water partition coefficient (Wildman–Crippen LogP) is 4.63. The van der Waals surface area contributed by atoms with Crippen LogP contribution in [0.25, 0.3) is 34.3 Å². The first-order valence-corrected chi connectivity index (χ1v) is 10.6. The van der Waals surface area contributed by atoms with Crippen LogP contribution < -0.4 is 5.73 Å². The Bertz CT molecular complexity index is 1450. The molecule has 0 fully saturated rings. The zero-order valence-corrected chi connectivity index (χ0v) is 18.8. The SMILES string of the molecule is NC1Cc2cc(-c3noc(-c4onc(-c5ccccc5)c4C(F)(F)F)n3)ccc2C1O.O=C(O)C(F)(F)F. The van der Waals surface area contributed by atoms with Gasteiger partial charge in [-0.15, -0.1) is 0 Å². The van der Waals surface area contributed by atoms with E-state index in [0.29, 0.717) is 17.5 Å². The number of carbonyl (C=O) groups is 1. The molecule has 2 unspecified atom stereocenters. The molecule has 0 aliphatic heterocycles. The number of nitrogens with two attached hydrogens (primary N) is 1. The maximum Gasteiger partial charge on any atom is 0.490 e. The first-order valence-electron chi connectivity index (χ1n) is 10.6. The van der Waals surface area contributed by atoms with Gasteiger partial charge in [0.25, 0.3) is 5.89 Å². The zero-order valence-electron chi connectivity index (χ0n) is 18.8. The Balaban J connectivity index is 0.000000426.